The van der Waals surface area contributed by atoms with Crippen LogP contribution in [0.25, 0.3) is 0 Å². The van der Waals surface area contributed by atoms with E-state index in [9.17, 15) is 0 Å². The van der Waals surface area contributed by atoms with Gasteiger partial charge in [0.1, 0.15) is 0 Å². The molecule has 0 saturated carbocycles. The van der Waals surface area contributed by atoms with Crippen LogP contribution in [0.3, 0.4) is 0 Å². The van der Waals surface area contributed by atoms with Crippen molar-refractivity contribution in [1.82, 2.24) is 0 Å². The largest absolute Gasteiger partial charge is 0.121 e. The van der Waals surface area contributed by atoms with Gasteiger partial charge in [0.2, 0.25) is 0 Å². The third kappa shape index (κ3) is 28.4. The van der Waals surface area contributed by atoms with Crippen LogP contribution in [0.4, 0.5) is 0 Å². The van der Waals surface area contributed by atoms with Gasteiger partial charge in [-0.25, -0.2) is 0 Å². The first-order valence-corrected chi connectivity index (χ1v) is 64.4. The van der Waals surface area contributed by atoms with Gasteiger partial charge < -0.3 is 0 Å². The van der Waals surface area contributed by atoms with Gasteiger partial charge >= 0.3 is 0 Å². The van der Waals surface area contributed by atoms with Gasteiger partial charge in [-0.1, -0.05) is 366 Å². The van der Waals surface area contributed by atoms with Crippen molar-refractivity contribution >= 4 is 155 Å². The van der Waals surface area contributed by atoms with Gasteiger partial charge in [-0.05, 0) is 142 Å². The van der Waals surface area contributed by atoms with Gasteiger partial charge in [-0.3, -0.25) is 0 Å². The molecule has 0 spiro atoms. The van der Waals surface area contributed by atoms with Crippen LogP contribution < -0.4 is 20.7 Å². The molecule has 12 aromatic carbocycles. The topological polar surface area (TPSA) is 0 Å². The number of thioether (sulfide) groups is 8. The van der Waals surface area contributed by atoms with Crippen LogP contribution in [0.5, 0.6) is 0 Å². The van der Waals surface area contributed by atoms with Gasteiger partial charge in [0.05, 0.1) is 40.4 Å². The van der Waals surface area contributed by atoms with Crippen molar-refractivity contribution in [3.63, 3.8) is 0 Å². The maximum atomic E-state index is 2.74. The Balaban J connectivity index is 0.883. The van der Waals surface area contributed by atoms with Crippen LogP contribution in [0.15, 0.2) is 355 Å². The molecule has 0 fully saturated rings. The number of hydrogen-bond donors (Lipinski definition) is 0. The van der Waals surface area contributed by atoms with Crippen molar-refractivity contribution in [3.8, 4) is 0 Å². The second-order valence-corrected chi connectivity index (χ2v) is 66.2. The SMILES string of the molecule is C[Si](C)(CCC[Si](CCC[Si](C)(C)c1cc(CSc2ccccc2)cc(CSc2ccccc2)c1)(CCC[Si](C)(C)c1cc(CSc2ccccc2)cc(CSc2ccccc2)c1)CCC[Si](C)(C)c1cc(CSc2ccccc2)cc(CSc2ccccc2)c1)c1cc(CSc2ccccc2)cc(CSc2ccccc2)c1. The van der Waals surface area contributed by atoms with E-state index in [2.05, 4.69) is 368 Å². The highest BCUT2D eigenvalue weighted by molar-refractivity contribution is 8.00. The normalized spacial score (nSPS) is 12.2. The van der Waals surface area contributed by atoms with E-state index < -0.39 is 40.4 Å². The molecule has 0 saturated heterocycles. The smallest absolute Gasteiger partial charge is 0.0806 e. The fourth-order valence-corrected chi connectivity index (χ4v) is 39.1. The third-order valence-electron chi connectivity index (χ3n) is 22.6. The monoisotopic (exact) mass is 1710 g/mol. The molecule has 0 amide bonds. The fraction of sp³-hybridized carbons (Fsp3) is 0.280. The molecule has 0 aliphatic carbocycles. The molecule has 12 rings (SSSR count). The Morgan fingerprint density at radius 1 is 0.168 bits per heavy atom. The second kappa shape index (κ2) is 43.8. The molecule has 584 valence electrons. The zero-order chi connectivity index (χ0) is 78.6. The van der Waals surface area contributed by atoms with Crippen LogP contribution in [-0.2, 0) is 46.0 Å². The molecule has 113 heavy (non-hydrogen) atoms. The van der Waals surface area contributed by atoms with E-state index in [1.807, 2.05) is 94.1 Å². The standard InChI is InChI=1S/C100H116S8Si5/c1-109(2,97-65-81(73-101-89-37-17-9-18-38-89)61-82(66-97)74-102-90-39-19-10-20-40-90)53-33-57-113(58-34-54-110(3,4)98-67-83(75-103-91-41-21-11-22-42-91)62-84(68-98)76-104-92-43-23-12-24-44-92,59-35-55-111(5,6)99-69-85(77-105-93-45-25-13-26-46-93)63-86(70-99)78-106-94-47-27-14-28-48-94)60-36-56-112(7,8)100-71-87(79-107-95-49-29-15-30-50-95)64-88(72-100)80-108-96-51-31-16-32-52-96/h9-32,37-52,61-72H,33-36,53-60,73-80H2,1-8H3. The number of rotatable bonds is 44. The van der Waals surface area contributed by atoms with Crippen molar-refractivity contribution in [3.05, 3.63) is 360 Å². The Kier molecular flexibility index (Phi) is 33.7. The van der Waals surface area contributed by atoms with Crippen LogP contribution in [0, 0.1) is 0 Å². The maximum absolute atomic E-state index is 2.74. The summed E-state index contributed by atoms with van der Waals surface area (Å²) >= 11 is 15.9. The molecule has 0 aromatic heterocycles. The summed E-state index contributed by atoms with van der Waals surface area (Å²) in [4.78, 5) is 10.8. The summed E-state index contributed by atoms with van der Waals surface area (Å²) in [6, 6.07) is 131. The van der Waals surface area contributed by atoms with E-state index in [1.165, 1.54) is 158 Å². The highest BCUT2D eigenvalue weighted by Crippen LogP contribution is 2.40. The fourth-order valence-electron chi connectivity index (χ4n) is 15.7. The van der Waals surface area contributed by atoms with Gasteiger partial charge in [0, 0.05) is 85.2 Å². The number of hydrogen-bond acceptors (Lipinski definition) is 8. The predicted octanol–water partition coefficient (Wildman–Crippen LogP) is 29.8. The summed E-state index contributed by atoms with van der Waals surface area (Å²) < 4.78 is 0. The molecule has 0 unspecified atom stereocenters. The van der Waals surface area contributed by atoms with E-state index in [-0.39, 0.29) is 0 Å². The Morgan fingerprint density at radius 2 is 0.301 bits per heavy atom. The summed E-state index contributed by atoms with van der Waals surface area (Å²) in [5.41, 5.74) is 11.8. The highest BCUT2D eigenvalue weighted by Gasteiger charge is 2.37. The quantitative estimate of drug-likeness (QED) is 0.0270. The Morgan fingerprint density at radius 3 is 0.434 bits per heavy atom. The van der Waals surface area contributed by atoms with Crippen molar-refractivity contribution in [2.24, 2.45) is 0 Å². The molecule has 0 heterocycles. The zero-order valence-corrected chi connectivity index (χ0v) is 79.5. The first-order chi connectivity index (χ1) is 54.8. The van der Waals surface area contributed by atoms with Crippen molar-refractivity contribution in [1.29, 1.82) is 0 Å². The first-order valence-electron chi connectivity index (χ1n) is 40.8. The summed E-state index contributed by atoms with van der Waals surface area (Å²) in [5.74, 6) is 7.90. The van der Waals surface area contributed by atoms with Crippen LogP contribution in [-0.4, -0.2) is 40.4 Å². The molecule has 0 aliphatic rings. The van der Waals surface area contributed by atoms with Gasteiger partial charge in [0.25, 0.3) is 0 Å². The Hall–Kier alpha value is -5.48. The van der Waals surface area contributed by atoms with Crippen LogP contribution in [0.2, 0.25) is 101 Å². The van der Waals surface area contributed by atoms with Gasteiger partial charge in [-0.15, -0.1) is 94.1 Å². The highest BCUT2D eigenvalue weighted by atomic mass is 32.2. The zero-order valence-electron chi connectivity index (χ0n) is 67.9. The number of benzene rings is 12. The molecular formula is C100H116S8Si5. The minimum absolute atomic E-state index is 0.987. The van der Waals surface area contributed by atoms with E-state index in [0.717, 1.165) is 46.0 Å². The molecule has 0 bridgehead atoms. The van der Waals surface area contributed by atoms with E-state index in [1.54, 1.807) is 20.7 Å². The molecule has 0 nitrogen and oxygen atoms in total. The van der Waals surface area contributed by atoms with Crippen molar-refractivity contribution in [2.45, 2.75) is 212 Å². The lowest BCUT2D eigenvalue weighted by atomic mass is 10.2. The lowest BCUT2D eigenvalue weighted by molar-refractivity contribution is 0.865. The summed E-state index contributed by atoms with van der Waals surface area (Å²) in [6.07, 6.45) is 5.34. The first kappa shape index (κ1) is 86.9. The Labute approximate surface area is 719 Å². The predicted molar refractivity (Wildman–Crippen MR) is 525 cm³/mol. The van der Waals surface area contributed by atoms with E-state index in [4.69, 9.17) is 0 Å². The summed E-state index contributed by atoms with van der Waals surface area (Å²) in [6.45, 7) is 21.9. The maximum Gasteiger partial charge on any atom is 0.0806 e. The minimum atomic E-state index is -2.02. The molecule has 13 heteroatoms. The van der Waals surface area contributed by atoms with E-state index in [0.29, 0.717) is 0 Å². The molecule has 0 atom stereocenters. The second-order valence-electron chi connectivity index (χ2n) is 33.4. The third-order valence-corrected chi connectivity index (χ3v) is 50.7. The Bertz CT molecular complexity index is 3960. The van der Waals surface area contributed by atoms with Crippen LogP contribution >= 0.6 is 94.1 Å². The average molecular weight is 1710 g/mol. The molecule has 0 aliphatic heterocycles. The minimum Gasteiger partial charge on any atom is -0.121 e. The molecular weight excluding hydrogens is 1600 g/mol. The van der Waals surface area contributed by atoms with Crippen molar-refractivity contribution in [2.75, 3.05) is 0 Å². The molecule has 0 radical (unpaired) electrons. The van der Waals surface area contributed by atoms with Gasteiger partial charge in [-0.2, -0.15) is 0 Å². The average Bonchev–Trinajstić information content (AvgIpc) is 0.812. The summed E-state index contributed by atoms with van der Waals surface area (Å²) in [7, 11) is -9.89. The molecule has 0 N–H and O–H groups in total. The van der Waals surface area contributed by atoms with E-state index >= 15 is 0 Å². The van der Waals surface area contributed by atoms with Gasteiger partial charge in [0.15, 0.2) is 0 Å². The summed E-state index contributed by atoms with van der Waals surface area (Å²) in [5, 5.41) is 6.59. The lowest BCUT2D eigenvalue weighted by Crippen LogP contribution is -2.45. The van der Waals surface area contributed by atoms with Crippen molar-refractivity contribution < 1.29 is 0 Å². The lowest BCUT2D eigenvalue weighted by Gasteiger charge is -2.37. The molecule has 12 aromatic rings. The van der Waals surface area contributed by atoms with Crippen LogP contribution in [0.1, 0.15) is 70.2 Å².